The van der Waals surface area contributed by atoms with Crippen molar-refractivity contribution in [1.29, 1.82) is 0 Å². The van der Waals surface area contributed by atoms with E-state index in [0.29, 0.717) is 12.8 Å². The summed E-state index contributed by atoms with van der Waals surface area (Å²) in [6.45, 7) is 8.80. The van der Waals surface area contributed by atoms with Gasteiger partial charge in [-0.05, 0) is 64.2 Å². The summed E-state index contributed by atoms with van der Waals surface area (Å²) in [6.07, 6.45) is 4.17. The third-order valence-corrected chi connectivity index (χ3v) is 6.61. The number of carbonyl (C=O) groups is 2. The molecule has 3 heterocycles. The fourth-order valence-electron chi connectivity index (χ4n) is 4.80. The summed E-state index contributed by atoms with van der Waals surface area (Å²) in [4.78, 5) is 27.0. The number of rotatable bonds is 7. The first kappa shape index (κ1) is 22.5. The molecule has 2 amide bonds. The van der Waals surface area contributed by atoms with Crippen molar-refractivity contribution in [2.24, 2.45) is 0 Å². The summed E-state index contributed by atoms with van der Waals surface area (Å²) < 4.78 is 2.00. The fraction of sp³-hybridized carbons (Fsp3) is 0.542. The number of aromatic nitrogens is 2. The van der Waals surface area contributed by atoms with Crippen LogP contribution in [0.2, 0.25) is 0 Å². The van der Waals surface area contributed by atoms with E-state index in [4.69, 9.17) is 0 Å². The Kier molecular flexibility index (Phi) is 6.91. The highest BCUT2D eigenvalue weighted by Gasteiger charge is 2.33. The number of nitrogens with one attached hydrogen (secondary N) is 3. The lowest BCUT2D eigenvalue weighted by molar-refractivity contribution is -0.130. The van der Waals surface area contributed by atoms with E-state index in [1.807, 2.05) is 40.8 Å². The molecule has 0 spiro atoms. The van der Waals surface area contributed by atoms with E-state index < -0.39 is 0 Å². The van der Waals surface area contributed by atoms with Gasteiger partial charge in [0.05, 0.1) is 11.7 Å². The molecule has 0 radical (unpaired) electrons. The van der Waals surface area contributed by atoms with Crippen molar-refractivity contribution in [3.05, 3.63) is 46.8 Å². The highest BCUT2D eigenvalue weighted by atomic mass is 16.2. The Morgan fingerprint density at radius 2 is 1.84 bits per heavy atom. The standard InChI is InChI=1S/C24H34N6O2/c1-4-30-17(3)23(16(2)28-30)20-15-21(27-26-20)24(32)25-19-10-7-18(8-11-19)9-12-22(31)29-13-5-6-14-29/h7-8,10-11,20-21,26-27H,4-6,9,12-15H2,1-3H3,(H,25,32). The van der Waals surface area contributed by atoms with Crippen LogP contribution in [-0.4, -0.2) is 45.6 Å². The lowest BCUT2D eigenvalue weighted by atomic mass is 10.00. The smallest absolute Gasteiger partial charge is 0.242 e. The molecule has 4 rings (SSSR count). The summed E-state index contributed by atoms with van der Waals surface area (Å²) in [7, 11) is 0. The van der Waals surface area contributed by atoms with Gasteiger partial charge in [-0.2, -0.15) is 5.10 Å². The first-order chi connectivity index (χ1) is 15.5. The number of amides is 2. The molecule has 172 valence electrons. The monoisotopic (exact) mass is 438 g/mol. The van der Waals surface area contributed by atoms with Gasteiger partial charge in [0.15, 0.2) is 0 Å². The van der Waals surface area contributed by atoms with Gasteiger partial charge in [-0.1, -0.05) is 12.1 Å². The Morgan fingerprint density at radius 3 is 2.50 bits per heavy atom. The third-order valence-electron chi connectivity index (χ3n) is 6.61. The molecule has 2 aromatic rings. The fourth-order valence-corrected chi connectivity index (χ4v) is 4.80. The van der Waals surface area contributed by atoms with E-state index in [-0.39, 0.29) is 23.9 Å². The van der Waals surface area contributed by atoms with Gasteiger partial charge in [-0.3, -0.25) is 14.3 Å². The Hall–Kier alpha value is -2.71. The zero-order chi connectivity index (χ0) is 22.7. The van der Waals surface area contributed by atoms with Crippen LogP contribution in [0.15, 0.2) is 24.3 Å². The summed E-state index contributed by atoms with van der Waals surface area (Å²) in [5.41, 5.74) is 11.6. The number of benzene rings is 1. The van der Waals surface area contributed by atoms with Gasteiger partial charge in [0, 0.05) is 43.0 Å². The van der Waals surface area contributed by atoms with Crippen molar-refractivity contribution in [3.63, 3.8) is 0 Å². The predicted octanol–water partition coefficient (Wildman–Crippen LogP) is 2.62. The second-order valence-electron chi connectivity index (χ2n) is 8.80. The minimum absolute atomic E-state index is 0.0570. The van der Waals surface area contributed by atoms with E-state index in [1.165, 1.54) is 5.56 Å². The molecular formula is C24H34N6O2. The van der Waals surface area contributed by atoms with Gasteiger partial charge in [0.2, 0.25) is 11.8 Å². The van der Waals surface area contributed by atoms with E-state index in [0.717, 1.165) is 61.5 Å². The van der Waals surface area contributed by atoms with Gasteiger partial charge < -0.3 is 10.2 Å². The Balaban J connectivity index is 1.29. The first-order valence-electron chi connectivity index (χ1n) is 11.7. The number of nitrogens with zero attached hydrogens (tertiary/aromatic N) is 3. The van der Waals surface area contributed by atoms with Crippen LogP contribution in [0.3, 0.4) is 0 Å². The van der Waals surface area contributed by atoms with Crippen molar-refractivity contribution in [2.75, 3.05) is 18.4 Å². The van der Waals surface area contributed by atoms with Gasteiger partial charge >= 0.3 is 0 Å². The van der Waals surface area contributed by atoms with Crippen LogP contribution < -0.4 is 16.2 Å². The van der Waals surface area contributed by atoms with E-state index in [2.05, 4.69) is 35.1 Å². The molecular weight excluding hydrogens is 404 g/mol. The summed E-state index contributed by atoms with van der Waals surface area (Å²) in [6, 6.07) is 7.53. The average Bonchev–Trinajstić information content (AvgIpc) is 3.53. The minimum atomic E-state index is -0.318. The molecule has 0 saturated carbocycles. The molecule has 2 fully saturated rings. The Labute approximate surface area is 189 Å². The average molecular weight is 439 g/mol. The number of likely N-dealkylation sites (tertiary alicyclic amines) is 1. The third kappa shape index (κ3) is 4.86. The SMILES string of the molecule is CCn1nc(C)c(C2CC(C(=O)Nc3ccc(CCC(=O)N4CCCC4)cc3)NN2)c1C. The van der Waals surface area contributed by atoms with Crippen LogP contribution in [0.25, 0.3) is 0 Å². The quantitative estimate of drug-likeness (QED) is 0.618. The van der Waals surface area contributed by atoms with E-state index >= 15 is 0 Å². The molecule has 0 aliphatic carbocycles. The molecule has 2 saturated heterocycles. The van der Waals surface area contributed by atoms with Crippen LogP contribution in [0, 0.1) is 13.8 Å². The first-order valence-corrected chi connectivity index (χ1v) is 11.7. The van der Waals surface area contributed by atoms with Crippen molar-refractivity contribution in [3.8, 4) is 0 Å². The second kappa shape index (κ2) is 9.83. The van der Waals surface area contributed by atoms with Gasteiger partial charge in [-0.25, -0.2) is 10.9 Å². The molecule has 1 aromatic carbocycles. The molecule has 8 nitrogen and oxygen atoms in total. The maximum absolute atomic E-state index is 12.8. The highest BCUT2D eigenvalue weighted by Crippen LogP contribution is 2.28. The van der Waals surface area contributed by atoms with Gasteiger partial charge in [-0.15, -0.1) is 0 Å². The topological polar surface area (TPSA) is 91.3 Å². The highest BCUT2D eigenvalue weighted by molar-refractivity contribution is 5.95. The van der Waals surface area contributed by atoms with Crippen LogP contribution in [0.5, 0.6) is 0 Å². The number of hydrazine groups is 1. The zero-order valence-corrected chi connectivity index (χ0v) is 19.3. The molecule has 2 aliphatic rings. The zero-order valence-electron chi connectivity index (χ0n) is 19.3. The molecule has 0 bridgehead atoms. The second-order valence-corrected chi connectivity index (χ2v) is 8.80. The molecule has 32 heavy (non-hydrogen) atoms. The Morgan fingerprint density at radius 1 is 1.12 bits per heavy atom. The van der Waals surface area contributed by atoms with Crippen molar-refractivity contribution in [2.45, 2.75) is 71.5 Å². The normalized spacial score (nSPS) is 20.7. The van der Waals surface area contributed by atoms with Crippen LogP contribution in [0.1, 0.15) is 61.2 Å². The van der Waals surface area contributed by atoms with E-state index in [1.54, 1.807) is 0 Å². The lowest BCUT2D eigenvalue weighted by Gasteiger charge is -2.15. The lowest BCUT2D eigenvalue weighted by Crippen LogP contribution is -2.39. The molecule has 2 aliphatic heterocycles. The maximum atomic E-state index is 12.8. The number of carbonyl (C=O) groups excluding carboxylic acids is 2. The number of aryl methyl sites for hydroxylation is 3. The molecule has 2 unspecified atom stereocenters. The summed E-state index contributed by atoms with van der Waals surface area (Å²) in [5.74, 6) is 0.180. The van der Waals surface area contributed by atoms with Crippen LogP contribution in [-0.2, 0) is 22.6 Å². The molecule has 8 heteroatoms. The number of anilines is 1. The number of hydrogen-bond donors (Lipinski definition) is 3. The molecule has 2 atom stereocenters. The minimum Gasteiger partial charge on any atom is -0.343 e. The van der Waals surface area contributed by atoms with Crippen molar-refractivity contribution in [1.82, 2.24) is 25.5 Å². The molecule has 1 aromatic heterocycles. The summed E-state index contributed by atoms with van der Waals surface area (Å²) in [5, 5.41) is 7.59. The van der Waals surface area contributed by atoms with Crippen LogP contribution >= 0.6 is 0 Å². The van der Waals surface area contributed by atoms with Gasteiger partial charge in [0.25, 0.3) is 0 Å². The van der Waals surface area contributed by atoms with Crippen molar-refractivity contribution < 1.29 is 9.59 Å². The van der Waals surface area contributed by atoms with E-state index in [9.17, 15) is 9.59 Å². The predicted molar refractivity (Wildman–Crippen MR) is 124 cm³/mol. The van der Waals surface area contributed by atoms with Gasteiger partial charge in [0.1, 0.15) is 6.04 Å². The molecule has 3 N–H and O–H groups in total. The Bertz CT molecular complexity index is 962. The van der Waals surface area contributed by atoms with Crippen molar-refractivity contribution >= 4 is 17.5 Å². The van der Waals surface area contributed by atoms with Crippen LogP contribution in [0.4, 0.5) is 5.69 Å². The number of hydrogen-bond acceptors (Lipinski definition) is 5. The largest absolute Gasteiger partial charge is 0.343 e. The maximum Gasteiger partial charge on any atom is 0.242 e. The summed E-state index contributed by atoms with van der Waals surface area (Å²) >= 11 is 0.